The van der Waals surface area contributed by atoms with Crippen molar-refractivity contribution in [3.63, 3.8) is 0 Å². The molecular weight excluding hydrogens is 325 g/mol. The summed E-state index contributed by atoms with van der Waals surface area (Å²) in [4.78, 5) is 30.5. The number of carbonyl (C=O) groups excluding carboxylic acids is 2. The minimum atomic E-state index is -0.382. The van der Waals surface area contributed by atoms with Gasteiger partial charge in [-0.2, -0.15) is 0 Å². The van der Waals surface area contributed by atoms with Crippen molar-refractivity contribution in [2.24, 2.45) is 0 Å². The summed E-state index contributed by atoms with van der Waals surface area (Å²) in [7, 11) is 2.05. The Morgan fingerprint density at radius 2 is 1.77 bits per heavy atom. The number of halogens is 2. The Morgan fingerprint density at radius 1 is 1.09 bits per heavy atom. The number of anilines is 1. The molecule has 2 fully saturated rings. The number of imide groups is 1. The SMILES string of the molecule is CN1CCN(C2CC(=O)N(c3ccc(Cl)cc3Cl)C2=O)CC1. The van der Waals surface area contributed by atoms with Gasteiger partial charge in [0.25, 0.3) is 5.91 Å². The van der Waals surface area contributed by atoms with E-state index in [-0.39, 0.29) is 24.3 Å². The van der Waals surface area contributed by atoms with E-state index in [4.69, 9.17) is 23.2 Å². The summed E-state index contributed by atoms with van der Waals surface area (Å²) in [6.07, 6.45) is 0.210. The molecule has 1 unspecified atom stereocenters. The van der Waals surface area contributed by atoms with Crippen LogP contribution in [0.15, 0.2) is 18.2 Å². The number of nitrogens with zero attached hydrogens (tertiary/aromatic N) is 3. The largest absolute Gasteiger partial charge is 0.304 e. The molecule has 0 aliphatic carbocycles. The highest BCUT2D eigenvalue weighted by molar-refractivity contribution is 6.38. The van der Waals surface area contributed by atoms with E-state index in [0.717, 1.165) is 26.2 Å². The fourth-order valence-corrected chi connectivity index (χ4v) is 3.44. The Morgan fingerprint density at radius 3 is 2.41 bits per heavy atom. The number of piperazine rings is 1. The van der Waals surface area contributed by atoms with Crippen molar-refractivity contribution in [3.8, 4) is 0 Å². The van der Waals surface area contributed by atoms with Crippen LogP contribution in [-0.4, -0.2) is 60.9 Å². The molecule has 5 nitrogen and oxygen atoms in total. The minimum Gasteiger partial charge on any atom is -0.304 e. The van der Waals surface area contributed by atoms with Gasteiger partial charge in [0.05, 0.1) is 23.2 Å². The lowest BCUT2D eigenvalue weighted by molar-refractivity contribution is -0.123. The van der Waals surface area contributed by atoms with Crippen molar-refractivity contribution in [1.82, 2.24) is 9.80 Å². The van der Waals surface area contributed by atoms with Crippen LogP contribution in [0.3, 0.4) is 0 Å². The second kappa shape index (κ2) is 6.16. The number of hydrogen-bond donors (Lipinski definition) is 0. The van der Waals surface area contributed by atoms with Crippen LogP contribution in [0.25, 0.3) is 0 Å². The van der Waals surface area contributed by atoms with E-state index >= 15 is 0 Å². The molecule has 1 aromatic rings. The highest BCUT2D eigenvalue weighted by Gasteiger charge is 2.43. The van der Waals surface area contributed by atoms with E-state index in [1.807, 2.05) is 0 Å². The van der Waals surface area contributed by atoms with Crippen LogP contribution in [-0.2, 0) is 9.59 Å². The molecule has 0 aromatic heterocycles. The zero-order chi connectivity index (χ0) is 15.9. The van der Waals surface area contributed by atoms with E-state index in [0.29, 0.717) is 15.7 Å². The zero-order valence-corrected chi connectivity index (χ0v) is 13.8. The first-order valence-electron chi connectivity index (χ1n) is 7.22. The Labute approximate surface area is 139 Å². The number of carbonyl (C=O) groups is 2. The molecule has 0 N–H and O–H groups in total. The van der Waals surface area contributed by atoms with Gasteiger partial charge in [-0.3, -0.25) is 14.5 Å². The third kappa shape index (κ3) is 2.86. The van der Waals surface area contributed by atoms with Crippen molar-refractivity contribution in [1.29, 1.82) is 0 Å². The number of benzene rings is 1. The topological polar surface area (TPSA) is 43.9 Å². The Hall–Kier alpha value is -1.14. The predicted octanol–water partition coefficient (Wildman–Crippen LogP) is 1.87. The second-order valence-electron chi connectivity index (χ2n) is 5.72. The van der Waals surface area contributed by atoms with Gasteiger partial charge in [-0.1, -0.05) is 23.2 Å². The maximum Gasteiger partial charge on any atom is 0.251 e. The lowest BCUT2D eigenvalue weighted by atomic mass is 10.2. The molecule has 0 bridgehead atoms. The molecule has 2 amide bonds. The van der Waals surface area contributed by atoms with Crippen LogP contribution in [0.2, 0.25) is 10.0 Å². The molecule has 2 aliphatic rings. The smallest absolute Gasteiger partial charge is 0.251 e. The Kier molecular flexibility index (Phi) is 4.41. The molecule has 7 heteroatoms. The second-order valence-corrected chi connectivity index (χ2v) is 6.57. The van der Waals surface area contributed by atoms with Gasteiger partial charge in [0, 0.05) is 31.2 Å². The van der Waals surface area contributed by atoms with Crippen LogP contribution in [0.4, 0.5) is 5.69 Å². The lowest BCUT2D eigenvalue weighted by Crippen LogP contribution is -2.51. The third-order valence-corrected chi connectivity index (χ3v) is 4.79. The maximum absolute atomic E-state index is 12.7. The Balaban J connectivity index is 1.82. The van der Waals surface area contributed by atoms with Crippen LogP contribution in [0.5, 0.6) is 0 Å². The summed E-state index contributed by atoms with van der Waals surface area (Å²) in [5.74, 6) is -0.406. The summed E-state index contributed by atoms with van der Waals surface area (Å²) in [6, 6.07) is 4.41. The number of hydrogen-bond acceptors (Lipinski definition) is 4. The molecule has 1 aromatic carbocycles. The summed E-state index contributed by atoms with van der Waals surface area (Å²) in [5, 5.41) is 0.789. The third-order valence-electron chi connectivity index (χ3n) is 4.25. The molecule has 2 saturated heterocycles. The van der Waals surface area contributed by atoms with E-state index in [1.54, 1.807) is 18.2 Å². The van der Waals surface area contributed by atoms with Gasteiger partial charge < -0.3 is 4.90 Å². The number of rotatable bonds is 2. The highest BCUT2D eigenvalue weighted by atomic mass is 35.5. The monoisotopic (exact) mass is 341 g/mol. The fourth-order valence-electron chi connectivity index (χ4n) is 2.95. The van der Waals surface area contributed by atoms with E-state index < -0.39 is 0 Å². The normalized spacial score (nSPS) is 24.3. The maximum atomic E-state index is 12.7. The van der Waals surface area contributed by atoms with E-state index in [9.17, 15) is 9.59 Å². The van der Waals surface area contributed by atoms with Gasteiger partial charge in [-0.15, -0.1) is 0 Å². The van der Waals surface area contributed by atoms with E-state index in [1.165, 1.54) is 4.90 Å². The number of likely N-dealkylation sites (N-methyl/N-ethyl adjacent to an activating group) is 1. The molecule has 0 spiro atoms. The molecule has 3 rings (SSSR count). The molecule has 2 aliphatic heterocycles. The van der Waals surface area contributed by atoms with Gasteiger partial charge in [-0.05, 0) is 25.2 Å². The molecule has 22 heavy (non-hydrogen) atoms. The van der Waals surface area contributed by atoms with Gasteiger partial charge in [0.1, 0.15) is 0 Å². The van der Waals surface area contributed by atoms with Crippen molar-refractivity contribution in [2.75, 3.05) is 38.1 Å². The first-order chi connectivity index (χ1) is 10.5. The van der Waals surface area contributed by atoms with Gasteiger partial charge in [0.2, 0.25) is 5.91 Å². The Bertz CT molecular complexity index is 615. The number of amides is 2. The summed E-state index contributed by atoms with van der Waals surface area (Å²) >= 11 is 12.0. The summed E-state index contributed by atoms with van der Waals surface area (Å²) in [6.45, 7) is 3.39. The molecule has 0 saturated carbocycles. The molecule has 2 heterocycles. The quantitative estimate of drug-likeness (QED) is 0.770. The van der Waals surface area contributed by atoms with E-state index in [2.05, 4.69) is 16.8 Å². The molecule has 118 valence electrons. The average Bonchev–Trinajstić information content (AvgIpc) is 2.76. The first-order valence-corrected chi connectivity index (χ1v) is 7.97. The summed E-state index contributed by atoms with van der Waals surface area (Å²) in [5.41, 5.74) is 0.415. The van der Waals surface area contributed by atoms with Crippen LogP contribution >= 0.6 is 23.2 Å². The van der Waals surface area contributed by atoms with Gasteiger partial charge in [0.15, 0.2) is 0 Å². The zero-order valence-electron chi connectivity index (χ0n) is 12.3. The van der Waals surface area contributed by atoms with Crippen LogP contribution in [0, 0.1) is 0 Å². The summed E-state index contributed by atoms with van der Waals surface area (Å²) < 4.78 is 0. The van der Waals surface area contributed by atoms with Crippen LogP contribution in [0.1, 0.15) is 6.42 Å². The van der Waals surface area contributed by atoms with Crippen molar-refractivity contribution >= 4 is 40.7 Å². The minimum absolute atomic E-state index is 0.196. The van der Waals surface area contributed by atoms with Crippen molar-refractivity contribution in [2.45, 2.75) is 12.5 Å². The molecule has 1 atom stereocenters. The fraction of sp³-hybridized carbons (Fsp3) is 0.467. The molecular formula is C15H17Cl2N3O2. The molecule has 0 radical (unpaired) electrons. The predicted molar refractivity (Wildman–Crippen MR) is 86.4 cm³/mol. The van der Waals surface area contributed by atoms with Crippen molar-refractivity contribution < 1.29 is 9.59 Å². The average molecular weight is 342 g/mol. The first kappa shape index (κ1) is 15.7. The lowest BCUT2D eigenvalue weighted by Gasteiger charge is -2.35. The van der Waals surface area contributed by atoms with Gasteiger partial charge in [-0.25, -0.2) is 4.90 Å². The highest BCUT2D eigenvalue weighted by Crippen LogP contribution is 2.33. The van der Waals surface area contributed by atoms with Crippen LogP contribution < -0.4 is 4.90 Å². The standard InChI is InChI=1S/C15H17Cl2N3O2/c1-18-4-6-19(7-5-18)13-9-14(21)20(15(13)22)12-3-2-10(16)8-11(12)17/h2-3,8,13H,4-7,9H2,1H3. The van der Waals surface area contributed by atoms with Crippen molar-refractivity contribution in [3.05, 3.63) is 28.2 Å². The van der Waals surface area contributed by atoms with Gasteiger partial charge >= 0.3 is 0 Å².